The van der Waals surface area contributed by atoms with Crippen molar-refractivity contribution >= 4 is 57.6 Å². The number of hydrogen-bond acceptors (Lipinski definition) is 0. The van der Waals surface area contributed by atoms with E-state index in [-0.39, 0.29) is 0 Å². The van der Waals surface area contributed by atoms with Crippen molar-refractivity contribution in [2.75, 3.05) is 0 Å². The minimum absolute atomic E-state index is 4.24. The molecule has 0 rings (SSSR count). The molecule has 0 aliphatic heterocycles. The van der Waals surface area contributed by atoms with E-state index in [1.807, 2.05) is 0 Å². The average Bonchev–Trinajstić information content (AvgIpc) is 0.650. The Balaban J connectivity index is 3.73. The van der Waals surface area contributed by atoms with Crippen LogP contribution in [-0.4, -0.2) is 7.54 Å². The van der Waals surface area contributed by atoms with Crippen molar-refractivity contribution in [3.63, 3.8) is 0 Å². The Bertz CT molecular complexity index is 37.1. The molecule has 0 aliphatic carbocycles. The van der Waals surface area contributed by atoms with Crippen molar-refractivity contribution < 1.29 is 0 Å². The normalized spacial score (nSPS) is 19.2. The van der Waals surface area contributed by atoms with Crippen molar-refractivity contribution in [3.8, 4) is 0 Å². The van der Waals surface area contributed by atoms with Crippen LogP contribution in [0.4, 0.5) is 0 Å². The van der Waals surface area contributed by atoms with Gasteiger partial charge in [0.05, 0.1) is 0 Å². The molecule has 0 fully saturated rings. The molecule has 0 amide bonds. The molecule has 0 nitrogen and oxygen atoms in total. The van der Waals surface area contributed by atoms with E-state index in [4.69, 9.17) is 50.0 Å². The summed E-state index contributed by atoms with van der Waals surface area (Å²) in [5, 5.41) is 0. The van der Waals surface area contributed by atoms with E-state index in [1.54, 1.807) is 0 Å². The van der Waals surface area contributed by atoms with Crippen LogP contribution in [0.2, 0.25) is 0 Å². The van der Waals surface area contributed by atoms with E-state index in [2.05, 4.69) is 0 Å². The monoisotopic (exact) mass is 249 g/mol. The molecule has 0 saturated carbocycles. The third-order valence-electron chi connectivity index (χ3n) is 0. The SMILES string of the molecule is [Cl][Ge-]([Cl])([Cl])([Cl])[Cl]. The molecular weight excluding hydrogens is 250 g/mol. The summed E-state index contributed by atoms with van der Waals surface area (Å²) in [5.41, 5.74) is 0. The molecule has 0 unspecified atom stereocenters. The molecule has 40 valence electrons. The van der Waals surface area contributed by atoms with Gasteiger partial charge in [-0.05, 0) is 0 Å². The summed E-state index contributed by atoms with van der Waals surface area (Å²) in [5.74, 6) is 0. The third kappa shape index (κ3) is 37.6. The maximum absolute atomic E-state index is 5.04. The van der Waals surface area contributed by atoms with Gasteiger partial charge in [0.15, 0.2) is 0 Å². The van der Waals surface area contributed by atoms with Gasteiger partial charge >= 0.3 is 57.6 Å². The summed E-state index contributed by atoms with van der Waals surface area (Å²) in [4.78, 5) is 0. The second-order valence-corrected chi connectivity index (χ2v) is 33.4. The van der Waals surface area contributed by atoms with Crippen LogP contribution in [0.15, 0.2) is 0 Å². The van der Waals surface area contributed by atoms with Crippen molar-refractivity contribution in [3.05, 3.63) is 0 Å². The number of hydrogen-bond donors (Lipinski definition) is 0. The van der Waals surface area contributed by atoms with Crippen LogP contribution in [0, 0.1) is 0 Å². The molecule has 0 aliphatic rings. The molecule has 0 N–H and O–H groups in total. The summed E-state index contributed by atoms with van der Waals surface area (Å²) < 4.78 is 0. The van der Waals surface area contributed by atoms with E-state index < -0.39 is 7.54 Å². The van der Waals surface area contributed by atoms with Gasteiger partial charge in [-0.2, -0.15) is 0 Å². The zero-order chi connectivity index (χ0) is 5.45. The van der Waals surface area contributed by atoms with Crippen molar-refractivity contribution in [2.24, 2.45) is 0 Å². The van der Waals surface area contributed by atoms with Crippen LogP contribution >= 0.6 is 50.0 Å². The molecule has 6 heteroatoms. The minimum atomic E-state index is -4.24. The topological polar surface area (TPSA) is 0 Å². The predicted molar refractivity (Wildman–Crippen MR) is 35.0 cm³/mol. The number of halogens is 5. The van der Waals surface area contributed by atoms with E-state index in [0.717, 1.165) is 0 Å². The zero-order valence-electron chi connectivity index (χ0n) is 2.39. The second-order valence-electron chi connectivity index (χ2n) is 0.714. The van der Waals surface area contributed by atoms with E-state index in [0.29, 0.717) is 0 Å². The Hall–Kier alpha value is 1.99. The fourth-order valence-corrected chi connectivity index (χ4v) is 0. The Labute approximate surface area is 57.2 Å². The van der Waals surface area contributed by atoms with Gasteiger partial charge in [-0.1, -0.05) is 0 Å². The third-order valence-corrected chi connectivity index (χ3v) is 0. The van der Waals surface area contributed by atoms with Gasteiger partial charge < -0.3 is 0 Å². The Kier molecular flexibility index (Phi) is 2.33. The van der Waals surface area contributed by atoms with Crippen molar-refractivity contribution in [2.45, 2.75) is 0 Å². The summed E-state index contributed by atoms with van der Waals surface area (Å²) >= 11 is 0. The van der Waals surface area contributed by atoms with Gasteiger partial charge in [-0.15, -0.1) is 0 Å². The van der Waals surface area contributed by atoms with Gasteiger partial charge in [0.25, 0.3) is 0 Å². The first-order chi connectivity index (χ1) is 2.24. The Morgan fingerprint density at radius 3 is 0.667 bits per heavy atom. The van der Waals surface area contributed by atoms with Gasteiger partial charge in [0.1, 0.15) is 0 Å². The van der Waals surface area contributed by atoms with Crippen molar-refractivity contribution in [1.29, 1.82) is 0 Å². The summed E-state index contributed by atoms with van der Waals surface area (Å²) in [7, 11) is 21.0. The first-order valence-corrected chi connectivity index (χ1v) is 14.7. The standard InChI is InChI=1S/Cl5Ge/c1-6(2,3,4)5/q-1. The zero-order valence-corrected chi connectivity index (χ0v) is 8.27. The molecular formula is Cl5Ge-. The van der Waals surface area contributed by atoms with Crippen LogP contribution in [0.5, 0.6) is 0 Å². The van der Waals surface area contributed by atoms with Crippen molar-refractivity contribution in [1.82, 2.24) is 0 Å². The molecule has 6 heavy (non-hydrogen) atoms. The molecule has 0 aromatic rings. The van der Waals surface area contributed by atoms with Crippen LogP contribution in [0.25, 0.3) is 0 Å². The molecule has 0 saturated heterocycles. The Morgan fingerprint density at radius 1 is 0.667 bits per heavy atom. The fraction of sp³-hybridized carbons (Fsp3) is 0. The van der Waals surface area contributed by atoms with Gasteiger partial charge in [0.2, 0.25) is 0 Å². The predicted octanol–water partition coefficient (Wildman–Crippen LogP) is 3.07. The first kappa shape index (κ1) is 7.99. The second kappa shape index (κ2) is 1.75. The maximum atomic E-state index is 5.04. The summed E-state index contributed by atoms with van der Waals surface area (Å²) in [6.45, 7) is 0. The van der Waals surface area contributed by atoms with Gasteiger partial charge in [0, 0.05) is 0 Å². The van der Waals surface area contributed by atoms with Crippen LogP contribution in [0.1, 0.15) is 0 Å². The fourth-order valence-electron chi connectivity index (χ4n) is 0. The quantitative estimate of drug-likeness (QED) is 0.579. The molecule has 0 heterocycles. The van der Waals surface area contributed by atoms with Gasteiger partial charge in [-0.3, -0.25) is 0 Å². The van der Waals surface area contributed by atoms with Gasteiger partial charge in [-0.25, -0.2) is 0 Å². The first-order valence-electron chi connectivity index (χ1n) is 0.945. The molecule has 0 bridgehead atoms. The number of rotatable bonds is 0. The van der Waals surface area contributed by atoms with E-state index >= 15 is 0 Å². The molecule has 0 radical (unpaired) electrons. The molecule has 0 atom stereocenters. The Morgan fingerprint density at radius 2 is 0.667 bits per heavy atom. The van der Waals surface area contributed by atoms with Crippen LogP contribution in [-0.2, 0) is 0 Å². The van der Waals surface area contributed by atoms with E-state index in [1.165, 1.54) is 0 Å². The molecule has 0 aromatic heterocycles. The molecule has 0 spiro atoms. The average molecular weight is 250 g/mol. The summed E-state index contributed by atoms with van der Waals surface area (Å²) in [6, 6.07) is 0. The van der Waals surface area contributed by atoms with Crippen LogP contribution in [0.3, 0.4) is 0 Å². The van der Waals surface area contributed by atoms with E-state index in [9.17, 15) is 0 Å². The summed E-state index contributed by atoms with van der Waals surface area (Å²) in [6.07, 6.45) is 0. The van der Waals surface area contributed by atoms with Crippen LogP contribution < -0.4 is 0 Å². The molecule has 0 aromatic carbocycles.